The zero-order chi connectivity index (χ0) is 17.6. The van der Waals surface area contributed by atoms with Crippen molar-refractivity contribution in [2.24, 2.45) is 22.2 Å². The van der Waals surface area contributed by atoms with Crippen molar-refractivity contribution in [2.75, 3.05) is 40.4 Å². The smallest absolute Gasteiger partial charge is 0.310 e. The number of carbonyl (C=O) groups excluding carboxylic acids is 1. The summed E-state index contributed by atoms with van der Waals surface area (Å²) >= 11 is 0. The van der Waals surface area contributed by atoms with Gasteiger partial charge in [-0.3, -0.25) is 9.79 Å². The molecule has 1 N–H and O–H groups in total. The third-order valence-electron chi connectivity index (χ3n) is 4.41. The van der Waals surface area contributed by atoms with Gasteiger partial charge in [0.1, 0.15) is 0 Å². The molecular formula is C17H33N3O3. The highest BCUT2D eigenvalue weighted by Gasteiger charge is 2.37. The van der Waals surface area contributed by atoms with Crippen LogP contribution in [0.25, 0.3) is 0 Å². The fourth-order valence-electron chi connectivity index (χ4n) is 2.90. The maximum Gasteiger partial charge on any atom is 0.310 e. The molecule has 1 rings (SSSR count). The second kappa shape index (κ2) is 8.52. The first-order valence-electron chi connectivity index (χ1n) is 8.38. The summed E-state index contributed by atoms with van der Waals surface area (Å²) in [6, 6.07) is 0. The molecule has 134 valence electrons. The number of esters is 1. The zero-order valence-corrected chi connectivity index (χ0v) is 15.7. The Morgan fingerprint density at radius 2 is 2.00 bits per heavy atom. The van der Waals surface area contributed by atoms with E-state index >= 15 is 0 Å². The number of guanidine groups is 1. The molecule has 1 heterocycles. The Hall–Kier alpha value is -1.30. The predicted molar refractivity (Wildman–Crippen MR) is 92.5 cm³/mol. The molecular weight excluding hydrogens is 294 g/mol. The van der Waals surface area contributed by atoms with E-state index in [1.165, 1.54) is 7.11 Å². The van der Waals surface area contributed by atoms with Gasteiger partial charge < -0.3 is 19.7 Å². The number of rotatable bonds is 5. The van der Waals surface area contributed by atoms with Crippen LogP contribution in [0.5, 0.6) is 0 Å². The maximum atomic E-state index is 11.9. The molecule has 0 aliphatic carbocycles. The average Bonchev–Trinajstić information content (AvgIpc) is 2.86. The Kier molecular flexibility index (Phi) is 7.32. The van der Waals surface area contributed by atoms with Crippen LogP contribution < -0.4 is 5.32 Å². The van der Waals surface area contributed by atoms with Gasteiger partial charge >= 0.3 is 5.97 Å². The van der Waals surface area contributed by atoms with Crippen molar-refractivity contribution >= 4 is 11.9 Å². The summed E-state index contributed by atoms with van der Waals surface area (Å²) in [5.74, 6) is 0.870. The highest BCUT2D eigenvalue weighted by Crippen LogP contribution is 2.25. The number of aliphatic imine (C=N–C) groups is 1. The van der Waals surface area contributed by atoms with Crippen LogP contribution in [0.2, 0.25) is 0 Å². The van der Waals surface area contributed by atoms with E-state index < -0.39 is 0 Å². The van der Waals surface area contributed by atoms with Gasteiger partial charge in [0.25, 0.3) is 0 Å². The molecule has 0 spiro atoms. The van der Waals surface area contributed by atoms with Crippen LogP contribution >= 0.6 is 0 Å². The third-order valence-corrected chi connectivity index (χ3v) is 4.41. The lowest BCUT2D eigenvalue weighted by molar-refractivity contribution is -0.145. The summed E-state index contributed by atoms with van der Waals surface area (Å²) in [7, 11) is 3.17. The summed E-state index contributed by atoms with van der Waals surface area (Å²) in [5, 5.41) is 3.32. The summed E-state index contributed by atoms with van der Waals surface area (Å²) in [6.45, 7) is 13.4. The topological polar surface area (TPSA) is 63.2 Å². The van der Waals surface area contributed by atoms with Gasteiger partial charge in [-0.05, 0) is 18.3 Å². The summed E-state index contributed by atoms with van der Waals surface area (Å²) in [6.07, 6.45) is 0.0487. The van der Waals surface area contributed by atoms with Crippen molar-refractivity contribution in [3.8, 4) is 0 Å². The van der Waals surface area contributed by atoms with Crippen molar-refractivity contribution in [3.63, 3.8) is 0 Å². The summed E-state index contributed by atoms with van der Waals surface area (Å²) < 4.78 is 10.5. The molecule has 0 saturated carbocycles. The minimum Gasteiger partial charge on any atom is -0.469 e. The second-order valence-corrected chi connectivity index (χ2v) is 7.30. The van der Waals surface area contributed by atoms with E-state index in [-0.39, 0.29) is 29.3 Å². The van der Waals surface area contributed by atoms with E-state index in [4.69, 9.17) is 14.5 Å². The number of likely N-dealkylation sites (tertiary alicyclic amines) is 1. The number of nitrogens with one attached hydrogen (secondary N) is 1. The fraction of sp³-hybridized carbons (Fsp3) is 0.882. The molecule has 0 radical (unpaired) electrons. The van der Waals surface area contributed by atoms with Crippen LogP contribution in [0.4, 0.5) is 0 Å². The first-order chi connectivity index (χ1) is 10.7. The van der Waals surface area contributed by atoms with Crippen molar-refractivity contribution in [1.29, 1.82) is 0 Å². The quantitative estimate of drug-likeness (QED) is 0.473. The van der Waals surface area contributed by atoms with Gasteiger partial charge in [-0.1, -0.05) is 27.7 Å². The lowest BCUT2D eigenvalue weighted by Crippen LogP contribution is -2.42. The van der Waals surface area contributed by atoms with Crippen molar-refractivity contribution < 1.29 is 14.3 Å². The van der Waals surface area contributed by atoms with Crippen molar-refractivity contribution in [3.05, 3.63) is 0 Å². The van der Waals surface area contributed by atoms with Crippen LogP contribution in [0.3, 0.4) is 0 Å². The van der Waals surface area contributed by atoms with Gasteiger partial charge in [-0.2, -0.15) is 0 Å². The summed E-state index contributed by atoms with van der Waals surface area (Å²) in [5.41, 5.74) is 0.0302. The molecule has 23 heavy (non-hydrogen) atoms. The number of hydrogen-bond acceptors (Lipinski definition) is 4. The molecule has 6 nitrogen and oxygen atoms in total. The lowest BCUT2D eigenvalue weighted by atomic mass is 9.89. The van der Waals surface area contributed by atoms with E-state index in [2.05, 4.69) is 37.9 Å². The SMILES string of the molecule is CCNC(=NCC(OC)C(C)(C)C)N1CC(C)C(C(=O)OC)C1. The zero-order valence-electron chi connectivity index (χ0n) is 15.7. The minimum atomic E-state index is -0.139. The Bertz CT molecular complexity index is 418. The second-order valence-electron chi connectivity index (χ2n) is 7.30. The van der Waals surface area contributed by atoms with Gasteiger partial charge in [0.05, 0.1) is 25.7 Å². The molecule has 1 aliphatic heterocycles. The largest absolute Gasteiger partial charge is 0.469 e. The number of hydrogen-bond donors (Lipinski definition) is 1. The van der Waals surface area contributed by atoms with Crippen molar-refractivity contribution in [2.45, 2.75) is 40.7 Å². The number of carbonyl (C=O) groups is 1. The maximum absolute atomic E-state index is 11.9. The Morgan fingerprint density at radius 1 is 1.35 bits per heavy atom. The molecule has 6 heteroatoms. The van der Waals surface area contributed by atoms with E-state index in [0.717, 1.165) is 19.0 Å². The molecule has 1 fully saturated rings. The van der Waals surface area contributed by atoms with Gasteiger partial charge in [0.15, 0.2) is 5.96 Å². The van der Waals surface area contributed by atoms with Crippen LogP contribution in [0, 0.1) is 17.3 Å². The van der Waals surface area contributed by atoms with E-state index in [9.17, 15) is 4.79 Å². The van der Waals surface area contributed by atoms with E-state index in [0.29, 0.717) is 13.1 Å². The Balaban J connectivity index is 2.82. The molecule has 1 aliphatic rings. The standard InChI is InChI=1S/C17H33N3O3/c1-8-18-16(19-9-14(22-6)17(3,4)5)20-10-12(2)13(11-20)15(21)23-7/h12-14H,8-11H2,1-7H3,(H,18,19). The number of methoxy groups -OCH3 is 2. The molecule has 0 aromatic rings. The minimum absolute atomic E-state index is 0.0302. The van der Waals surface area contributed by atoms with E-state index in [1.807, 2.05) is 6.92 Å². The van der Waals surface area contributed by atoms with Crippen molar-refractivity contribution in [1.82, 2.24) is 10.2 Å². The third kappa shape index (κ3) is 5.37. The van der Waals surface area contributed by atoms with Gasteiger partial charge in [-0.25, -0.2) is 0 Å². The lowest BCUT2D eigenvalue weighted by Gasteiger charge is -2.29. The Labute approximate surface area is 140 Å². The first kappa shape index (κ1) is 19.7. The number of ether oxygens (including phenoxy) is 2. The van der Waals surface area contributed by atoms with Crippen LogP contribution in [0.15, 0.2) is 4.99 Å². The molecule has 3 atom stereocenters. The van der Waals surface area contributed by atoms with Crippen LogP contribution in [-0.2, 0) is 14.3 Å². The fourth-order valence-corrected chi connectivity index (χ4v) is 2.90. The monoisotopic (exact) mass is 327 g/mol. The predicted octanol–water partition coefficient (Wildman–Crippen LogP) is 1.75. The van der Waals surface area contributed by atoms with E-state index in [1.54, 1.807) is 7.11 Å². The molecule has 0 aromatic heterocycles. The normalized spacial score (nSPS) is 23.8. The highest BCUT2D eigenvalue weighted by molar-refractivity contribution is 5.82. The van der Waals surface area contributed by atoms with Crippen LogP contribution in [-0.4, -0.2) is 63.3 Å². The Morgan fingerprint density at radius 3 is 2.48 bits per heavy atom. The summed E-state index contributed by atoms with van der Waals surface area (Å²) in [4.78, 5) is 18.8. The average molecular weight is 327 g/mol. The molecule has 0 amide bonds. The number of nitrogens with zero attached hydrogens (tertiary/aromatic N) is 2. The molecule has 1 saturated heterocycles. The molecule has 0 aromatic carbocycles. The van der Waals surface area contributed by atoms with Crippen LogP contribution in [0.1, 0.15) is 34.6 Å². The molecule has 0 bridgehead atoms. The van der Waals surface area contributed by atoms with Gasteiger partial charge in [0.2, 0.25) is 0 Å². The highest BCUT2D eigenvalue weighted by atomic mass is 16.5. The van der Waals surface area contributed by atoms with Gasteiger partial charge in [-0.15, -0.1) is 0 Å². The first-order valence-corrected chi connectivity index (χ1v) is 8.38. The molecule has 3 unspecified atom stereocenters. The van der Waals surface area contributed by atoms with Gasteiger partial charge in [0, 0.05) is 26.7 Å².